The largest absolute Gasteiger partial charge is 0.459 e. The summed E-state index contributed by atoms with van der Waals surface area (Å²) in [6.07, 6.45) is 3.22. The number of esters is 1. The van der Waals surface area contributed by atoms with Gasteiger partial charge in [-0.05, 0) is 43.0 Å². The van der Waals surface area contributed by atoms with Crippen LogP contribution in [0.4, 0.5) is 0 Å². The highest BCUT2D eigenvalue weighted by atomic mass is 79.9. The van der Waals surface area contributed by atoms with Gasteiger partial charge in [0.15, 0.2) is 5.16 Å². The van der Waals surface area contributed by atoms with Crippen molar-refractivity contribution in [2.24, 2.45) is 0 Å². The molecule has 0 fully saturated rings. The number of hydrogen-bond acceptors (Lipinski definition) is 5. The van der Waals surface area contributed by atoms with Crippen LogP contribution in [0.25, 0.3) is 0 Å². The summed E-state index contributed by atoms with van der Waals surface area (Å²) >= 11 is 4.41. The Labute approximate surface area is 118 Å². The molecule has 0 unspecified atom stereocenters. The zero-order chi connectivity index (χ0) is 13.9. The molecule has 100 valence electrons. The van der Waals surface area contributed by atoms with Gasteiger partial charge in [-0.1, -0.05) is 11.8 Å². The fraction of sp³-hybridized carbons (Fsp3) is 0.545. The van der Waals surface area contributed by atoms with Crippen LogP contribution in [0.2, 0.25) is 0 Å². The van der Waals surface area contributed by atoms with Crippen molar-refractivity contribution in [1.29, 1.82) is 0 Å². The van der Waals surface area contributed by atoms with Crippen molar-refractivity contribution in [2.75, 3.05) is 6.26 Å². The third-order valence-corrected chi connectivity index (χ3v) is 3.09. The molecule has 1 aromatic heterocycles. The molecule has 18 heavy (non-hydrogen) atoms. The molecule has 0 saturated heterocycles. The summed E-state index contributed by atoms with van der Waals surface area (Å²) < 4.78 is 6.80. The predicted octanol–water partition coefficient (Wildman–Crippen LogP) is 2.07. The van der Waals surface area contributed by atoms with Gasteiger partial charge in [0.1, 0.15) is 16.6 Å². The molecular formula is C11H15BrN2O3S. The lowest BCUT2D eigenvalue weighted by Crippen LogP contribution is -2.32. The van der Waals surface area contributed by atoms with Crippen molar-refractivity contribution < 1.29 is 9.53 Å². The molecule has 0 N–H and O–H groups in total. The monoisotopic (exact) mass is 334 g/mol. The molecule has 7 heteroatoms. The van der Waals surface area contributed by atoms with Crippen LogP contribution in [0.15, 0.2) is 20.6 Å². The van der Waals surface area contributed by atoms with Gasteiger partial charge < -0.3 is 4.74 Å². The van der Waals surface area contributed by atoms with E-state index in [1.165, 1.54) is 22.5 Å². The Morgan fingerprint density at radius 1 is 1.56 bits per heavy atom. The zero-order valence-electron chi connectivity index (χ0n) is 10.7. The highest BCUT2D eigenvalue weighted by Gasteiger charge is 2.19. The molecule has 0 aromatic carbocycles. The molecule has 0 bridgehead atoms. The summed E-state index contributed by atoms with van der Waals surface area (Å²) in [4.78, 5) is 27.7. The normalized spacial score (nSPS) is 11.4. The lowest BCUT2D eigenvalue weighted by Gasteiger charge is -2.20. The summed E-state index contributed by atoms with van der Waals surface area (Å²) in [5, 5.41) is 0.481. The highest BCUT2D eigenvalue weighted by molar-refractivity contribution is 9.10. The SMILES string of the molecule is CSc1ncc(Br)c(=O)n1CC(=O)OC(C)(C)C. The van der Waals surface area contributed by atoms with E-state index in [2.05, 4.69) is 20.9 Å². The molecule has 0 aliphatic carbocycles. The maximum atomic E-state index is 11.9. The molecule has 1 aromatic rings. The highest BCUT2D eigenvalue weighted by Crippen LogP contribution is 2.13. The molecule has 0 amide bonds. The average Bonchev–Trinajstić information content (AvgIpc) is 2.22. The van der Waals surface area contributed by atoms with E-state index in [4.69, 9.17) is 4.74 Å². The Morgan fingerprint density at radius 2 is 2.17 bits per heavy atom. The Hall–Kier alpha value is -0.820. The topological polar surface area (TPSA) is 61.2 Å². The van der Waals surface area contributed by atoms with Crippen LogP contribution in [-0.4, -0.2) is 27.4 Å². The van der Waals surface area contributed by atoms with Gasteiger partial charge >= 0.3 is 5.97 Å². The number of carbonyl (C=O) groups is 1. The van der Waals surface area contributed by atoms with Gasteiger partial charge in [0.2, 0.25) is 0 Å². The van der Waals surface area contributed by atoms with E-state index >= 15 is 0 Å². The summed E-state index contributed by atoms with van der Waals surface area (Å²) in [5.74, 6) is -0.459. The van der Waals surface area contributed by atoms with Gasteiger partial charge in [0.25, 0.3) is 5.56 Å². The van der Waals surface area contributed by atoms with Crippen molar-refractivity contribution in [3.8, 4) is 0 Å². The van der Waals surface area contributed by atoms with Gasteiger partial charge in [-0.3, -0.25) is 14.2 Å². The summed E-state index contributed by atoms with van der Waals surface area (Å²) in [6.45, 7) is 5.20. The third kappa shape index (κ3) is 4.13. The third-order valence-electron chi connectivity index (χ3n) is 1.86. The minimum absolute atomic E-state index is 0.140. The van der Waals surface area contributed by atoms with Gasteiger partial charge in [0, 0.05) is 6.20 Å². The van der Waals surface area contributed by atoms with Gasteiger partial charge in [0.05, 0.1) is 0 Å². The first-order valence-electron chi connectivity index (χ1n) is 5.26. The van der Waals surface area contributed by atoms with Crippen molar-refractivity contribution >= 4 is 33.7 Å². The predicted molar refractivity (Wildman–Crippen MR) is 73.8 cm³/mol. The molecule has 0 saturated carbocycles. The van der Waals surface area contributed by atoms with Crippen LogP contribution in [0.1, 0.15) is 20.8 Å². The first kappa shape index (κ1) is 15.2. The molecule has 0 spiro atoms. The number of ether oxygens (including phenoxy) is 1. The van der Waals surface area contributed by atoms with Crippen LogP contribution >= 0.6 is 27.7 Å². The number of thioether (sulfide) groups is 1. The first-order chi connectivity index (χ1) is 8.24. The number of hydrogen-bond donors (Lipinski definition) is 0. The second-order valence-electron chi connectivity index (χ2n) is 4.57. The standard InChI is InChI=1S/C11H15BrN2O3S/c1-11(2,3)17-8(15)6-14-9(16)7(12)5-13-10(14)18-4/h5H,6H2,1-4H3. The molecule has 0 aliphatic rings. The Kier molecular flexibility index (Phi) is 4.98. The van der Waals surface area contributed by atoms with Crippen molar-refractivity contribution in [2.45, 2.75) is 38.1 Å². The van der Waals surface area contributed by atoms with Crippen molar-refractivity contribution in [3.63, 3.8) is 0 Å². The molecule has 5 nitrogen and oxygen atoms in total. The summed E-state index contributed by atoms with van der Waals surface area (Å²) in [6, 6.07) is 0. The van der Waals surface area contributed by atoms with E-state index in [1.54, 1.807) is 27.0 Å². The van der Waals surface area contributed by atoms with Crippen LogP contribution in [-0.2, 0) is 16.1 Å². The second-order valence-corrected chi connectivity index (χ2v) is 6.20. The Balaban J connectivity index is 3.00. The maximum Gasteiger partial charge on any atom is 0.326 e. The van der Waals surface area contributed by atoms with E-state index in [0.29, 0.717) is 9.63 Å². The van der Waals surface area contributed by atoms with Crippen LogP contribution in [0, 0.1) is 0 Å². The van der Waals surface area contributed by atoms with E-state index in [0.717, 1.165) is 0 Å². The van der Waals surface area contributed by atoms with Crippen LogP contribution in [0.3, 0.4) is 0 Å². The van der Waals surface area contributed by atoms with E-state index in [9.17, 15) is 9.59 Å². The fourth-order valence-corrected chi connectivity index (χ4v) is 2.10. The minimum Gasteiger partial charge on any atom is -0.459 e. The van der Waals surface area contributed by atoms with Gasteiger partial charge in [-0.15, -0.1) is 0 Å². The van der Waals surface area contributed by atoms with E-state index in [-0.39, 0.29) is 12.1 Å². The van der Waals surface area contributed by atoms with Crippen molar-refractivity contribution in [1.82, 2.24) is 9.55 Å². The number of carbonyl (C=O) groups excluding carboxylic acids is 1. The number of nitrogens with zero attached hydrogens (tertiary/aromatic N) is 2. The maximum absolute atomic E-state index is 11.9. The Morgan fingerprint density at radius 3 is 2.67 bits per heavy atom. The summed E-state index contributed by atoms with van der Waals surface area (Å²) in [7, 11) is 0. The Bertz CT molecular complexity index is 508. The quantitative estimate of drug-likeness (QED) is 0.481. The molecule has 1 rings (SSSR count). The van der Waals surface area contributed by atoms with Crippen LogP contribution in [0.5, 0.6) is 0 Å². The van der Waals surface area contributed by atoms with Crippen molar-refractivity contribution in [3.05, 3.63) is 21.0 Å². The van der Waals surface area contributed by atoms with Gasteiger partial charge in [-0.2, -0.15) is 0 Å². The fourth-order valence-electron chi connectivity index (χ4n) is 1.26. The molecular weight excluding hydrogens is 320 g/mol. The lowest BCUT2D eigenvalue weighted by molar-refractivity contribution is -0.155. The first-order valence-corrected chi connectivity index (χ1v) is 7.27. The van der Waals surface area contributed by atoms with Gasteiger partial charge in [-0.25, -0.2) is 4.98 Å². The molecule has 0 aliphatic heterocycles. The van der Waals surface area contributed by atoms with E-state index in [1.807, 2.05) is 0 Å². The molecule has 1 heterocycles. The lowest BCUT2D eigenvalue weighted by atomic mass is 10.2. The number of aromatic nitrogens is 2. The second kappa shape index (κ2) is 5.88. The smallest absolute Gasteiger partial charge is 0.326 e. The minimum atomic E-state index is -0.570. The molecule has 0 atom stereocenters. The van der Waals surface area contributed by atoms with Crippen LogP contribution < -0.4 is 5.56 Å². The molecule has 0 radical (unpaired) electrons. The average molecular weight is 335 g/mol. The number of halogens is 1. The summed E-state index contributed by atoms with van der Waals surface area (Å²) in [5.41, 5.74) is -0.861. The number of rotatable bonds is 3. The van der Waals surface area contributed by atoms with E-state index < -0.39 is 11.6 Å². The zero-order valence-corrected chi connectivity index (χ0v) is 13.1.